The average Bonchev–Trinajstić information content (AvgIpc) is 2.40. The Morgan fingerprint density at radius 3 is 2.76 bits per heavy atom. The third-order valence-electron chi connectivity index (χ3n) is 2.50. The third-order valence-corrected chi connectivity index (χ3v) is 2.82. The Hall–Kier alpha value is -1.68. The molecule has 2 aromatic rings. The summed E-state index contributed by atoms with van der Waals surface area (Å²) in [5.41, 5.74) is 1.65. The molecule has 3 nitrogen and oxygen atoms in total. The predicted molar refractivity (Wildman–Crippen MR) is 67.9 cm³/mol. The van der Waals surface area contributed by atoms with Crippen molar-refractivity contribution >= 4 is 18.4 Å². The quantitative estimate of drug-likeness (QED) is 0.505. The SMILES string of the molecule is O=C(C[n+]1ccncc1CS)c1ccccc1. The van der Waals surface area contributed by atoms with Crippen molar-refractivity contribution in [3.8, 4) is 0 Å². The van der Waals surface area contributed by atoms with Gasteiger partial charge < -0.3 is 0 Å². The van der Waals surface area contributed by atoms with E-state index in [4.69, 9.17) is 0 Å². The lowest BCUT2D eigenvalue weighted by Crippen LogP contribution is -2.41. The number of carbonyl (C=O) groups excluding carboxylic acids is 1. The molecule has 0 spiro atoms. The van der Waals surface area contributed by atoms with Gasteiger partial charge in [0.05, 0.1) is 18.1 Å². The molecule has 1 heterocycles. The number of carbonyl (C=O) groups is 1. The van der Waals surface area contributed by atoms with Gasteiger partial charge in [0.25, 0.3) is 0 Å². The first-order valence-electron chi connectivity index (χ1n) is 5.32. The van der Waals surface area contributed by atoms with Crippen molar-refractivity contribution < 1.29 is 9.36 Å². The first-order chi connectivity index (χ1) is 8.31. The van der Waals surface area contributed by atoms with E-state index in [0.29, 0.717) is 12.3 Å². The molecular weight excluding hydrogens is 232 g/mol. The van der Waals surface area contributed by atoms with Gasteiger partial charge in [-0.25, -0.2) is 0 Å². The van der Waals surface area contributed by atoms with Gasteiger partial charge in [-0.3, -0.25) is 9.78 Å². The van der Waals surface area contributed by atoms with Crippen molar-refractivity contribution in [1.82, 2.24) is 4.98 Å². The summed E-state index contributed by atoms with van der Waals surface area (Å²) in [6.07, 6.45) is 5.20. The van der Waals surface area contributed by atoms with Crippen LogP contribution in [0, 0.1) is 0 Å². The molecule has 0 aliphatic rings. The first-order valence-corrected chi connectivity index (χ1v) is 5.96. The minimum Gasteiger partial charge on any atom is -0.287 e. The molecule has 4 heteroatoms. The Morgan fingerprint density at radius 1 is 1.29 bits per heavy atom. The highest BCUT2D eigenvalue weighted by Crippen LogP contribution is 2.01. The lowest BCUT2D eigenvalue weighted by atomic mass is 10.1. The van der Waals surface area contributed by atoms with Crippen LogP contribution < -0.4 is 4.57 Å². The van der Waals surface area contributed by atoms with Gasteiger partial charge in [-0.2, -0.15) is 17.2 Å². The molecule has 0 radical (unpaired) electrons. The maximum absolute atomic E-state index is 12.0. The van der Waals surface area contributed by atoms with E-state index in [-0.39, 0.29) is 5.78 Å². The summed E-state index contributed by atoms with van der Waals surface area (Å²) in [5, 5.41) is 0. The highest BCUT2D eigenvalue weighted by atomic mass is 32.1. The smallest absolute Gasteiger partial charge is 0.227 e. The summed E-state index contributed by atoms with van der Waals surface area (Å²) in [5.74, 6) is 0.653. The molecular formula is C13H13N2OS+. The average molecular weight is 245 g/mol. The van der Waals surface area contributed by atoms with Crippen LogP contribution in [0.4, 0.5) is 0 Å². The van der Waals surface area contributed by atoms with Gasteiger partial charge in [0.2, 0.25) is 18.0 Å². The summed E-state index contributed by atoms with van der Waals surface area (Å²) in [7, 11) is 0. The van der Waals surface area contributed by atoms with E-state index in [9.17, 15) is 4.79 Å². The van der Waals surface area contributed by atoms with Crippen LogP contribution in [0.2, 0.25) is 0 Å². The Labute approximate surface area is 106 Å². The van der Waals surface area contributed by atoms with E-state index < -0.39 is 0 Å². The van der Waals surface area contributed by atoms with Crippen LogP contribution in [-0.4, -0.2) is 10.8 Å². The van der Waals surface area contributed by atoms with Gasteiger partial charge >= 0.3 is 0 Å². The fourth-order valence-corrected chi connectivity index (χ4v) is 1.84. The molecule has 0 aliphatic carbocycles. The number of benzene rings is 1. The Bertz CT molecular complexity index is 514. The molecule has 0 bridgehead atoms. The number of ketones is 1. The molecule has 17 heavy (non-hydrogen) atoms. The standard InChI is InChI=1S/C13H12N2OS/c16-13(11-4-2-1-3-5-11)9-15-7-6-14-8-12(15)10-17/h1-8H,9-10H2/p+1. The summed E-state index contributed by atoms with van der Waals surface area (Å²) in [4.78, 5) is 16.0. The topological polar surface area (TPSA) is 33.8 Å². The number of Topliss-reactive ketones (excluding diaryl/α,β-unsaturated/α-hetero) is 1. The highest BCUT2D eigenvalue weighted by molar-refractivity contribution is 7.79. The molecule has 0 saturated carbocycles. The number of nitrogens with zero attached hydrogens (tertiary/aromatic N) is 2. The minimum atomic E-state index is 0.0878. The van der Waals surface area contributed by atoms with Crippen molar-refractivity contribution in [2.75, 3.05) is 0 Å². The molecule has 0 aliphatic heterocycles. The molecule has 0 fully saturated rings. The van der Waals surface area contributed by atoms with Crippen molar-refractivity contribution in [2.24, 2.45) is 0 Å². The van der Waals surface area contributed by atoms with Crippen LogP contribution in [0.1, 0.15) is 16.1 Å². The van der Waals surface area contributed by atoms with Gasteiger partial charge in [-0.15, -0.1) is 0 Å². The molecule has 2 rings (SSSR count). The Morgan fingerprint density at radius 2 is 2.06 bits per heavy atom. The molecule has 0 atom stereocenters. The van der Waals surface area contributed by atoms with Crippen LogP contribution in [0.3, 0.4) is 0 Å². The minimum absolute atomic E-state index is 0.0878. The molecule has 1 aromatic carbocycles. The summed E-state index contributed by atoms with van der Waals surface area (Å²) < 4.78 is 1.87. The van der Waals surface area contributed by atoms with Gasteiger partial charge in [-0.05, 0) is 0 Å². The zero-order valence-corrected chi connectivity index (χ0v) is 10.2. The summed E-state index contributed by atoms with van der Waals surface area (Å²) >= 11 is 4.22. The van der Waals surface area contributed by atoms with E-state index in [0.717, 1.165) is 11.3 Å². The van der Waals surface area contributed by atoms with E-state index >= 15 is 0 Å². The maximum Gasteiger partial charge on any atom is 0.227 e. The summed E-state index contributed by atoms with van der Waals surface area (Å²) in [6.45, 7) is 0.322. The summed E-state index contributed by atoms with van der Waals surface area (Å²) in [6, 6.07) is 9.28. The van der Waals surface area contributed by atoms with E-state index in [2.05, 4.69) is 17.6 Å². The van der Waals surface area contributed by atoms with E-state index in [1.807, 2.05) is 34.9 Å². The van der Waals surface area contributed by atoms with E-state index in [1.54, 1.807) is 18.6 Å². The van der Waals surface area contributed by atoms with Gasteiger partial charge in [-0.1, -0.05) is 30.3 Å². The van der Waals surface area contributed by atoms with Crippen LogP contribution in [0.5, 0.6) is 0 Å². The Kier molecular flexibility index (Phi) is 3.88. The first kappa shape index (κ1) is 11.8. The van der Waals surface area contributed by atoms with Crippen molar-refractivity contribution in [3.05, 3.63) is 60.2 Å². The number of rotatable bonds is 4. The molecule has 1 aromatic heterocycles. The number of thiol groups is 1. The number of hydrogen-bond acceptors (Lipinski definition) is 3. The van der Waals surface area contributed by atoms with Gasteiger partial charge in [0, 0.05) is 5.56 Å². The van der Waals surface area contributed by atoms with Crippen LogP contribution >= 0.6 is 12.6 Å². The third kappa shape index (κ3) is 2.91. The monoisotopic (exact) mass is 245 g/mol. The van der Waals surface area contributed by atoms with E-state index in [1.165, 1.54) is 0 Å². The zero-order chi connectivity index (χ0) is 12.1. The lowest BCUT2D eigenvalue weighted by molar-refractivity contribution is -0.690. The molecule has 0 saturated heterocycles. The van der Waals surface area contributed by atoms with Crippen molar-refractivity contribution in [1.29, 1.82) is 0 Å². The van der Waals surface area contributed by atoms with Crippen LogP contribution in [-0.2, 0) is 12.3 Å². The number of aromatic nitrogens is 2. The molecule has 0 unspecified atom stereocenters. The maximum atomic E-state index is 12.0. The largest absolute Gasteiger partial charge is 0.287 e. The number of hydrogen-bond donors (Lipinski definition) is 1. The highest BCUT2D eigenvalue weighted by Gasteiger charge is 2.15. The lowest BCUT2D eigenvalue weighted by Gasteiger charge is -2.00. The normalized spacial score (nSPS) is 10.2. The fraction of sp³-hybridized carbons (Fsp3) is 0.154. The van der Waals surface area contributed by atoms with Gasteiger partial charge in [0.1, 0.15) is 0 Å². The van der Waals surface area contributed by atoms with Crippen molar-refractivity contribution in [2.45, 2.75) is 12.3 Å². The molecule has 0 N–H and O–H groups in total. The molecule has 0 amide bonds. The zero-order valence-electron chi connectivity index (χ0n) is 9.28. The van der Waals surface area contributed by atoms with Crippen molar-refractivity contribution in [3.63, 3.8) is 0 Å². The van der Waals surface area contributed by atoms with Gasteiger partial charge in [0.15, 0.2) is 6.20 Å². The predicted octanol–water partition coefficient (Wildman–Crippen LogP) is 1.68. The second-order valence-electron chi connectivity index (χ2n) is 3.64. The molecule has 86 valence electrons. The second kappa shape index (κ2) is 5.59. The van der Waals surface area contributed by atoms with Crippen LogP contribution in [0.15, 0.2) is 48.9 Å². The Balaban J connectivity index is 2.19. The fourth-order valence-electron chi connectivity index (χ4n) is 1.57. The van der Waals surface area contributed by atoms with Crippen LogP contribution in [0.25, 0.3) is 0 Å². The second-order valence-corrected chi connectivity index (χ2v) is 3.96.